The Morgan fingerprint density at radius 2 is 2.14 bits per heavy atom. The summed E-state index contributed by atoms with van der Waals surface area (Å²) in [5.74, 6) is -0.693. The molecule has 0 saturated heterocycles. The van der Waals surface area contributed by atoms with Crippen molar-refractivity contribution in [3.05, 3.63) is 41.8 Å². The first-order valence-electron chi connectivity index (χ1n) is 7.18. The fourth-order valence-corrected chi connectivity index (χ4v) is 3.42. The van der Waals surface area contributed by atoms with Gasteiger partial charge in [-0.1, -0.05) is 6.07 Å². The molecule has 2 fully saturated rings. The topological polar surface area (TPSA) is 68.0 Å². The van der Waals surface area contributed by atoms with Gasteiger partial charge in [-0.05, 0) is 42.9 Å². The van der Waals surface area contributed by atoms with Crippen molar-refractivity contribution >= 4 is 16.8 Å². The Morgan fingerprint density at radius 1 is 1.38 bits per heavy atom. The summed E-state index contributed by atoms with van der Waals surface area (Å²) < 4.78 is 14.0. The molecule has 3 N–H and O–H groups in total. The van der Waals surface area contributed by atoms with E-state index >= 15 is 0 Å². The minimum absolute atomic E-state index is 0.165. The van der Waals surface area contributed by atoms with Crippen LogP contribution in [0.4, 0.5) is 4.39 Å². The number of hydrogen-bond acceptors (Lipinski definition) is 3. The quantitative estimate of drug-likeness (QED) is 0.886. The van der Waals surface area contributed by atoms with Gasteiger partial charge in [-0.15, -0.1) is 0 Å². The van der Waals surface area contributed by atoms with Gasteiger partial charge in [-0.2, -0.15) is 0 Å². The van der Waals surface area contributed by atoms with Crippen LogP contribution in [0.5, 0.6) is 0 Å². The lowest BCUT2D eigenvalue weighted by Gasteiger charge is -2.37. The van der Waals surface area contributed by atoms with E-state index < -0.39 is 5.82 Å². The van der Waals surface area contributed by atoms with Crippen LogP contribution in [0.25, 0.3) is 10.9 Å². The second-order valence-corrected chi connectivity index (χ2v) is 6.28. The van der Waals surface area contributed by atoms with Crippen LogP contribution in [0.15, 0.2) is 30.5 Å². The molecule has 0 aliphatic heterocycles. The Labute approximate surface area is 121 Å². The zero-order valence-corrected chi connectivity index (χ0v) is 11.5. The summed E-state index contributed by atoms with van der Waals surface area (Å²) in [6.45, 7) is 0. The van der Waals surface area contributed by atoms with Crippen molar-refractivity contribution in [2.75, 3.05) is 0 Å². The van der Waals surface area contributed by atoms with Gasteiger partial charge in [0.15, 0.2) is 0 Å². The maximum Gasteiger partial charge on any atom is 0.251 e. The van der Waals surface area contributed by atoms with Crippen molar-refractivity contribution < 1.29 is 9.18 Å². The SMILES string of the molecule is NC1CC12CC(NC(=O)c1cc(F)c3ncccc3c1)C2. The molecule has 2 aliphatic carbocycles. The molecule has 1 unspecified atom stereocenters. The standard InChI is InChI=1S/C16H16FN3O/c17-12-5-10(4-9-2-1-3-19-14(9)12)15(21)20-11-6-16(7-11)8-13(16)18/h1-5,11,13H,6-8,18H2,(H,20,21). The number of fused-ring (bicyclic) bond motifs is 1. The van der Waals surface area contributed by atoms with E-state index in [0.29, 0.717) is 22.5 Å². The first kappa shape index (κ1) is 12.7. The molecule has 1 atom stereocenters. The zero-order chi connectivity index (χ0) is 14.6. The van der Waals surface area contributed by atoms with Gasteiger partial charge in [0.25, 0.3) is 5.91 Å². The molecule has 1 aromatic carbocycles. The van der Waals surface area contributed by atoms with Gasteiger partial charge in [-0.3, -0.25) is 9.78 Å². The van der Waals surface area contributed by atoms with Gasteiger partial charge in [0.05, 0.1) is 0 Å². The predicted octanol–water partition coefficient (Wildman–Crippen LogP) is 1.98. The fraction of sp³-hybridized carbons (Fsp3) is 0.375. The van der Waals surface area contributed by atoms with E-state index in [9.17, 15) is 9.18 Å². The van der Waals surface area contributed by atoms with Crippen molar-refractivity contribution in [2.24, 2.45) is 11.1 Å². The highest BCUT2D eigenvalue weighted by molar-refractivity contribution is 5.98. The molecule has 2 aliphatic rings. The van der Waals surface area contributed by atoms with Gasteiger partial charge in [0.1, 0.15) is 11.3 Å². The van der Waals surface area contributed by atoms with Crippen LogP contribution in [0.2, 0.25) is 0 Å². The third-order valence-electron chi connectivity index (χ3n) is 4.81. The number of benzene rings is 1. The van der Waals surface area contributed by atoms with E-state index in [1.807, 2.05) is 0 Å². The minimum Gasteiger partial charge on any atom is -0.349 e. The third kappa shape index (κ3) is 2.00. The largest absolute Gasteiger partial charge is 0.349 e. The summed E-state index contributed by atoms with van der Waals surface area (Å²) in [5.41, 5.74) is 6.80. The number of nitrogens with two attached hydrogens (primary N) is 1. The second-order valence-electron chi connectivity index (χ2n) is 6.28. The first-order chi connectivity index (χ1) is 10.1. The summed E-state index contributed by atoms with van der Waals surface area (Å²) in [7, 11) is 0. The van der Waals surface area contributed by atoms with Crippen molar-refractivity contribution in [2.45, 2.75) is 31.3 Å². The number of pyridine rings is 1. The maximum atomic E-state index is 14.0. The molecule has 1 heterocycles. The molecule has 0 radical (unpaired) electrons. The van der Waals surface area contributed by atoms with Gasteiger partial charge < -0.3 is 11.1 Å². The number of amides is 1. The smallest absolute Gasteiger partial charge is 0.251 e. The molecule has 5 heteroatoms. The molecule has 2 aromatic rings. The summed E-state index contributed by atoms with van der Waals surface area (Å²) in [4.78, 5) is 16.2. The van der Waals surface area contributed by atoms with E-state index in [-0.39, 0.29) is 17.4 Å². The summed E-state index contributed by atoms with van der Waals surface area (Å²) in [6.07, 6.45) is 4.49. The molecule has 2 saturated carbocycles. The van der Waals surface area contributed by atoms with Gasteiger partial charge in [0, 0.05) is 29.2 Å². The van der Waals surface area contributed by atoms with Crippen molar-refractivity contribution in [1.29, 1.82) is 0 Å². The Kier molecular flexibility index (Phi) is 2.57. The van der Waals surface area contributed by atoms with Crippen molar-refractivity contribution in [3.8, 4) is 0 Å². The van der Waals surface area contributed by atoms with Crippen LogP contribution >= 0.6 is 0 Å². The van der Waals surface area contributed by atoms with Crippen LogP contribution in [0.3, 0.4) is 0 Å². The molecule has 1 aromatic heterocycles. The van der Waals surface area contributed by atoms with E-state index in [1.165, 1.54) is 12.3 Å². The van der Waals surface area contributed by atoms with E-state index in [0.717, 1.165) is 19.3 Å². The van der Waals surface area contributed by atoms with Crippen molar-refractivity contribution in [1.82, 2.24) is 10.3 Å². The normalized spacial score (nSPS) is 30.2. The number of rotatable bonds is 2. The Hall–Kier alpha value is -2.01. The average molecular weight is 285 g/mol. The van der Waals surface area contributed by atoms with Gasteiger partial charge in [0.2, 0.25) is 0 Å². The number of halogens is 1. The molecule has 21 heavy (non-hydrogen) atoms. The zero-order valence-electron chi connectivity index (χ0n) is 11.5. The Morgan fingerprint density at radius 3 is 2.86 bits per heavy atom. The molecular formula is C16H16FN3O. The highest BCUT2D eigenvalue weighted by Crippen LogP contribution is 2.59. The molecule has 4 nitrogen and oxygen atoms in total. The summed E-state index contributed by atoms with van der Waals surface area (Å²) in [5, 5.41) is 3.60. The molecular weight excluding hydrogens is 269 g/mol. The lowest BCUT2D eigenvalue weighted by atomic mass is 9.76. The van der Waals surface area contributed by atoms with Gasteiger partial charge in [-0.25, -0.2) is 4.39 Å². The molecule has 4 rings (SSSR count). The minimum atomic E-state index is -0.465. The lowest BCUT2D eigenvalue weighted by Crippen LogP contribution is -2.47. The van der Waals surface area contributed by atoms with Crippen molar-refractivity contribution in [3.63, 3.8) is 0 Å². The summed E-state index contributed by atoms with van der Waals surface area (Å²) >= 11 is 0. The molecule has 1 spiro atoms. The Balaban J connectivity index is 1.52. The van der Waals surface area contributed by atoms with E-state index in [4.69, 9.17) is 5.73 Å². The number of carbonyl (C=O) groups excluding carboxylic acids is 1. The van der Waals surface area contributed by atoms with E-state index in [1.54, 1.807) is 18.2 Å². The van der Waals surface area contributed by atoms with Crippen LogP contribution in [0.1, 0.15) is 29.6 Å². The van der Waals surface area contributed by atoms with Crippen LogP contribution in [-0.4, -0.2) is 23.0 Å². The number of hydrogen-bond donors (Lipinski definition) is 2. The van der Waals surface area contributed by atoms with Crippen LogP contribution < -0.4 is 11.1 Å². The summed E-state index contributed by atoms with van der Waals surface area (Å²) in [6, 6.07) is 6.88. The third-order valence-corrected chi connectivity index (χ3v) is 4.81. The van der Waals surface area contributed by atoms with Gasteiger partial charge >= 0.3 is 0 Å². The fourth-order valence-electron chi connectivity index (χ4n) is 3.42. The molecule has 108 valence electrons. The predicted molar refractivity (Wildman–Crippen MR) is 77.2 cm³/mol. The first-order valence-corrected chi connectivity index (χ1v) is 7.18. The maximum absolute atomic E-state index is 14.0. The Bertz CT molecular complexity index is 739. The monoisotopic (exact) mass is 285 g/mol. The highest BCUT2D eigenvalue weighted by atomic mass is 19.1. The number of carbonyl (C=O) groups is 1. The second kappa shape index (κ2) is 4.24. The van der Waals surface area contributed by atoms with E-state index in [2.05, 4.69) is 10.3 Å². The lowest BCUT2D eigenvalue weighted by molar-refractivity contribution is 0.0873. The number of nitrogens with zero attached hydrogens (tertiary/aromatic N) is 1. The molecule has 0 bridgehead atoms. The van der Waals surface area contributed by atoms with Crippen LogP contribution in [0, 0.1) is 11.2 Å². The highest BCUT2D eigenvalue weighted by Gasteiger charge is 2.60. The number of aromatic nitrogens is 1. The average Bonchev–Trinajstić information content (AvgIpc) is 3.09. The van der Waals surface area contributed by atoms with Crippen LogP contribution in [-0.2, 0) is 0 Å². The number of nitrogens with one attached hydrogen (secondary N) is 1. The molecule has 1 amide bonds.